The lowest BCUT2D eigenvalue weighted by Gasteiger charge is -2.82. The summed E-state index contributed by atoms with van der Waals surface area (Å²) >= 11 is 0. The van der Waals surface area contributed by atoms with Crippen LogP contribution in [0.25, 0.3) is 11.1 Å². The smallest absolute Gasteiger partial charge is 0.166 e. The number of rotatable bonds is 7. The lowest BCUT2D eigenvalue weighted by atomic mass is 9.35. The van der Waals surface area contributed by atoms with Crippen LogP contribution in [-0.4, -0.2) is 42.7 Å². The summed E-state index contributed by atoms with van der Waals surface area (Å²) in [6, 6.07) is 23.4. The molecule has 7 rings (SSSR count). The molecule has 0 radical (unpaired) electrons. The van der Waals surface area contributed by atoms with E-state index in [1.54, 1.807) is 20.3 Å². The molecular weight excluding hydrogens is 465 g/mol. The van der Waals surface area contributed by atoms with Crippen molar-refractivity contribution in [2.75, 3.05) is 14.2 Å². The second-order valence-corrected chi connectivity index (χ2v) is 11.3. The van der Waals surface area contributed by atoms with Gasteiger partial charge in [0.25, 0.3) is 0 Å². The van der Waals surface area contributed by atoms with Gasteiger partial charge in [0, 0.05) is 35.5 Å². The SMILES string of the molecule is COc1cc2c(cc1OC)C(=O)C(CC1(F)CC3N(Cc4ccc(-c5ccccc5)cc4)C4CCC431)C2. The molecule has 0 bridgehead atoms. The quantitative estimate of drug-likeness (QED) is 0.386. The van der Waals surface area contributed by atoms with E-state index in [0.29, 0.717) is 48.4 Å². The predicted molar refractivity (Wildman–Crippen MR) is 141 cm³/mol. The van der Waals surface area contributed by atoms with Crippen LogP contribution in [0.4, 0.5) is 4.39 Å². The van der Waals surface area contributed by atoms with Gasteiger partial charge in [-0.15, -0.1) is 0 Å². The molecule has 37 heavy (non-hydrogen) atoms. The van der Waals surface area contributed by atoms with Crippen LogP contribution in [0.3, 0.4) is 0 Å². The summed E-state index contributed by atoms with van der Waals surface area (Å²) in [5, 5.41) is 0. The van der Waals surface area contributed by atoms with E-state index in [1.165, 1.54) is 16.7 Å². The molecule has 3 fully saturated rings. The minimum absolute atomic E-state index is 0.0541. The van der Waals surface area contributed by atoms with E-state index >= 15 is 4.39 Å². The average Bonchev–Trinajstić information content (AvgIpc) is 3.20. The maximum Gasteiger partial charge on any atom is 0.166 e. The highest BCUT2D eigenvalue weighted by Crippen LogP contribution is 2.75. The van der Waals surface area contributed by atoms with Crippen LogP contribution < -0.4 is 9.47 Å². The minimum Gasteiger partial charge on any atom is -0.493 e. The van der Waals surface area contributed by atoms with E-state index in [1.807, 2.05) is 12.1 Å². The maximum atomic E-state index is 16.6. The third-order valence-corrected chi connectivity index (χ3v) is 9.88. The molecule has 3 aliphatic carbocycles. The summed E-state index contributed by atoms with van der Waals surface area (Å²) in [5.41, 5.74) is 3.84. The molecule has 4 aliphatic rings. The molecule has 0 N–H and O–H groups in total. The molecule has 5 unspecified atom stereocenters. The number of halogens is 1. The topological polar surface area (TPSA) is 38.8 Å². The van der Waals surface area contributed by atoms with Gasteiger partial charge in [0.1, 0.15) is 5.67 Å². The van der Waals surface area contributed by atoms with Gasteiger partial charge in [0.2, 0.25) is 0 Å². The first kappa shape index (κ1) is 23.0. The summed E-state index contributed by atoms with van der Waals surface area (Å²) in [6.45, 7) is 0.871. The molecule has 3 aromatic carbocycles. The second-order valence-electron chi connectivity index (χ2n) is 11.3. The minimum atomic E-state index is -1.25. The van der Waals surface area contributed by atoms with E-state index in [4.69, 9.17) is 9.47 Å². The molecule has 1 spiro atoms. The zero-order valence-electron chi connectivity index (χ0n) is 21.4. The number of benzene rings is 3. The van der Waals surface area contributed by atoms with Gasteiger partial charge >= 0.3 is 0 Å². The molecule has 0 amide bonds. The van der Waals surface area contributed by atoms with E-state index in [0.717, 1.165) is 24.9 Å². The highest BCUT2D eigenvalue weighted by atomic mass is 19.1. The standard InChI is InChI=1S/C32H32FNO3/c1-36-26-15-23-14-24(30(35)25(23)16-27(26)37-2)17-31(33)18-29-32(31)13-12-28(32)34(29)19-20-8-10-22(11-9-20)21-6-4-3-5-7-21/h3-11,15-16,24,28-29H,12-14,17-19H2,1-2H3. The number of ether oxygens (including phenoxy) is 2. The van der Waals surface area contributed by atoms with Crippen molar-refractivity contribution in [1.82, 2.24) is 4.90 Å². The molecular formula is C32H32FNO3. The number of alkyl halides is 1. The van der Waals surface area contributed by atoms with Gasteiger partial charge < -0.3 is 9.47 Å². The summed E-state index contributed by atoms with van der Waals surface area (Å²) in [6.07, 6.45) is 3.45. The highest BCUT2D eigenvalue weighted by molar-refractivity contribution is 6.03. The number of carbonyl (C=O) groups excluding carboxylic acids is 1. The van der Waals surface area contributed by atoms with E-state index in [-0.39, 0.29) is 17.1 Å². The van der Waals surface area contributed by atoms with Crippen LogP contribution in [0, 0.1) is 11.3 Å². The molecule has 3 aromatic rings. The van der Waals surface area contributed by atoms with Crippen LogP contribution in [0.1, 0.15) is 47.2 Å². The molecule has 4 nitrogen and oxygen atoms in total. The van der Waals surface area contributed by atoms with E-state index in [9.17, 15) is 4.79 Å². The molecule has 190 valence electrons. The van der Waals surface area contributed by atoms with Gasteiger partial charge in [-0.25, -0.2) is 4.39 Å². The Hall–Kier alpha value is -3.18. The maximum absolute atomic E-state index is 16.6. The average molecular weight is 498 g/mol. The predicted octanol–water partition coefficient (Wildman–Crippen LogP) is 6.26. The fourth-order valence-corrected chi connectivity index (χ4v) is 7.94. The van der Waals surface area contributed by atoms with Crippen molar-refractivity contribution in [1.29, 1.82) is 0 Å². The Labute approximate surface area is 217 Å². The zero-order valence-corrected chi connectivity index (χ0v) is 21.4. The number of piperidine rings is 2. The third-order valence-electron chi connectivity index (χ3n) is 9.88. The summed E-state index contributed by atoms with van der Waals surface area (Å²) in [7, 11) is 3.17. The number of ketones is 1. The summed E-state index contributed by atoms with van der Waals surface area (Å²) < 4.78 is 27.4. The molecule has 0 aromatic heterocycles. The first-order valence-corrected chi connectivity index (χ1v) is 13.4. The Morgan fingerprint density at radius 3 is 2.30 bits per heavy atom. The van der Waals surface area contributed by atoms with Crippen molar-refractivity contribution in [3.8, 4) is 22.6 Å². The Kier molecular flexibility index (Phi) is 5.07. The molecule has 5 atom stereocenters. The Morgan fingerprint density at radius 2 is 1.65 bits per heavy atom. The van der Waals surface area contributed by atoms with Crippen LogP contribution in [-0.2, 0) is 13.0 Å². The molecule has 1 saturated heterocycles. The van der Waals surface area contributed by atoms with Crippen molar-refractivity contribution in [2.45, 2.75) is 56.4 Å². The van der Waals surface area contributed by atoms with Gasteiger partial charge in [-0.2, -0.15) is 0 Å². The fourth-order valence-electron chi connectivity index (χ4n) is 7.94. The Bertz CT molecular complexity index is 1360. The number of nitrogens with zero attached hydrogens (tertiary/aromatic N) is 1. The third kappa shape index (κ3) is 3.13. The Balaban J connectivity index is 1.04. The van der Waals surface area contributed by atoms with Gasteiger partial charge in [0.05, 0.1) is 14.2 Å². The Morgan fingerprint density at radius 1 is 0.946 bits per heavy atom. The van der Waals surface area contributed by atoms with Crippen LogP contribution in [0.15, 0.2) is 66.7 Å². The van der Waals surface area contributed by atoms with E-state index < -0.39 is 5.67 Å². The normalized spacial score (nSPS) is 31.3. The van der Waals surface area contributed by atoms with Crippen LogP contribution >= 0.6 is 0 Å². The van der Waals surface area contributed by atoms with Crippen molar-refractivity contribution in [3.05, 3.63) is 83.4 Å². The second kappa shape index (κ2) is 8.16. The van der Waals surface area contributed by atoms with Gasteiger partial charge in [0.15, 0.2) is 17.3 Å². The molecule has 1 aliphatic heterocycles. The van der Waals surface area contributed by atoms with Crippen molar-refractivity contribution < 1.29 is 18.7 Å². The summed E-state index contributed by atoms with van der Waals surface area (Å²) in [4.78, 5) is 15.8. The van der Waals surface area contributed by atoms with Crippen molar-refractivity contribution in [3.63, 3.8) is 0 Å². The number of Topliss-reactive ketones (excluding diaryl/α,β-unsaturated/α-hetero) is 1. The lowest BCUT2D eigenvalue weighted by Crippen LogP contribution is -2.90. The number of likely N-dealkylation sites (tertiary alicyclic amines) is 1. The van der Waals surface area contributed by atoms with Gasteiger partial charge in [-0.3, -0.25) is 9.69 Å². The van der Waals surface area contributed by atoms with Gasteiger partial charge in [-0.05, 0) is 66.5 Å². The molecule has 1 heterocycles. The number of methoxy groups -OCH3 is 2. The first-order chi connectivity index (χ1) is 18.0. The monoisotopic (exact) mass is 497 g/mol. The van der Waals surface area contributed by atoms with E-state index in [2.05, 4.69) is 53.4 Å². The number of hydrogen-bond donors (Lipinski definition) is 0. The number of carbonyl (C=O) groups is 1. The van der Waals surface area contributed by atoms with Crippen LogP contribution in [0.2, 0.25) is 0 Å². The number of fused-ring (bicyclic) bond motifs is 1. The van der Waals surface area contributed by atoms with Crippen LogP contribution in [0.5, 0.6) is 11.5 Å². The number of hydrogen-bond acceptors (Lipinski definition) is 4. The molecule has 2 saturated carbocycles. The van der Waals surface area contributed by atoms with Crippen molar-refractivity contribution >= 4 is 5.78 Å². The summed E-state index contributed by atoms with van der Waals surface area (Å²) in [5.74, 6) is 0.932. The fraction of sp³-hybridized carbons (Fsp3) is 0.406. The largest absolute Gasteiger partial charge is 0.493 e. The van der Waals surface area contributed by atoms with Crippen molar-refractivity contribution in [2.24, 2.45) is 11.3 Å². The molecule has 5 heteroatoms. The first-order valence-electron chi connectivity index (χ1n) is 13.4. The zero-order chi connectivity index (χ0) is 25.4. The highest BCUT2D eigenvalue weighted by Gasteiger charge is 2.82. The lowest BCUT2D eigenvalue weighted by molar-refractivity contribution is -0.352. The van der Waals surface area contributed by atoms with Gasteiger partial charge in [-0.1, -0.05) is 54.6 Å².